The number of benzene rings is 1. The molecule has 0 aliphatic rings. The summed E-state index contributed by atoms with van der Waals surface area (Å²) in [6, 6.07) is 8.95. The van der Waals surface area contributed by atoms with Crippen LogP contribution in [0.15, 0.2) is 39.2 Å². The molecule has 0 atom stereocenters. The fourth-order valence-corrected chi connectivity index (χ4v) is 3.14. The van der Waals surface area contributed by atoms with E-state index in [2.05, 4.69) is 14.7 Å². The normalized spacial score (nSPS) is 11.4. The van der Waals surface area contributed by atoms with Gasteiger partial charge in [0.1, 0.15) is 10.9 Å². The van der Waals surface area contributed by atoms with Crippen LogP contribution in [0.25, 0.3) is 0 Å². The highest BCUT2D eigenvalue weighted by atomic mass is 32.2. The molecule has 2 aromatic rings. The van der Waals surface area contributed by atoms with Crippen LogP contribution < -0.4 is 5.32 Å². The number of thiazole rings is 1. The van der Waals surface area contributed by atoms with E-state index in [9.17, 15) is 8.42 Å². The average Bonchev–Trinajstić information content (AvgIpc) is 2.95. The van der Waals surface area contributed by atoms with E-state index in [0.29, 0.717) is 5.56 Å². The number of anilines is 1. The van der Waals surface area contributed by atoms with Gasteiger partial charge in [0.25, 0.3) is 0 Å². The van der Waals surface area contributed by atoms with Gasteiger partial charge in [0.2, 0.25) is 4.34 Å². The third-order valence-corrected chi connectivity index (χ3v) is 4.86. The molecule has 2 rings (SSSR count). The molecule has 102 valence electrons. The molecule has 1 N–H and O–H groups in total. The Balaban J connectivity index is 2.22. The summed E-state index contributed by atoms with van der Waals surface area (Å²) in [7, 11) is -2.06. The van der Waals surface area contributed by atoms with Gasteiger partial charge in [0.05, 0.1) is 6.20 Å². The maximum absolute atomic E-state index is 11.9. The summed E-state index contributed by atoms with van der Waals surface area (Å²) in [5.74, 6) is 0. The Bertz CT molecular complexity index is 771. The Morgan fingerprint density at radius 1 is 1.40 bits per heavy atom. The lowest BCUT2D eigenvalue weighted by Gasteiger charge is -1.99. The lowest BCUT2D eigenvalue weighted by atomic mass is 10.2. The highest BCUT2D eigenvalue weighted by Gasteiger charge is 2.16. The van der Waals surface area contributed by atoms with Gasteiger partial charge in [-0.1, -0.05) is 23.5 Å². The molecule has 0 radical (unpaired) electrons. The van der Waals surface area contributed by atoms with Crippen LogP contribution in [0.3, 0.4) is 0 Å². The Labute approximate surface area is 120 Å². The van der Waals surface area contributed by atoms with E-state index >= 15 is 0 Å². The molecule has 0 unspecified atom stereocenters. The zero-order valence-corrected chi connectivity index (χ0v) is 12.1. The monoisotopic (exact) mass is 306 g/mol. The van der Waals surface area contributed by atoms with Gasteiger partial charge in [-0.15, -0.1) is 0 Å². The number of aromatic nitrogens is 1. The molecule has 1 aromatic heterocycles. The van der Waals surface area contributed by atoms with E-state index in [1.807, 2.05) is 18.2 Å². The summed E-state index contributed by atoms with van der Waals surface area (Å²) >= 11 is 0.797. The molecule has 0 saturated heterocycles. The SMILES string of the molecule is CNc1ccc(C=NS(=O)(=O)c2ncc(C#N)s2)cc1. The molecule has 6 nitrogen and oxygen atoms in total. The predicted molar refractivity (Wildman–Crippen MR) is 77.6 cm³/mol. The first-order valence-corrected chi connectivity index (χ1v) is 7.75. The van der Waals surface area contributed by atoms with Gasteiger partial charge in [-0.2, -0.15) is 18.1 Å². The van der Waals surface area contributed by atoms with Crippen LogP contribution in [-0.2, 0) is 10.0 Å². The van der Waals surface area contributed by atoms with Crippen LogP contribution >= 0.6 is 11.3 Å². The molecule has 8 heteroatoms. The molecular formula is C12H10N4O2S2. The second-order valence-corrected chi connectivity index (χ2v) is 6.52. The Hall–Kier alpha value is -2.24. The first-order valence-electron chi connectivity index (χ1n) is 5.49. The summed E-state index contributed by atoms with van der Waals surface area (Å²) in [6.45, 7) is 0. The molecule has 0 amide bonds. The summed E-state index contributed by atoms with van der Waals surface area (Å²) in [5.41, 5.74) is 1.58. The van der Waals surface area contributed by atoms with Crippen LogP contribution in [0, 0.1) is 11.3 Å². The van der Waals surface area contributed by atoms with Crippen molar-refractivity contribution in [2.75, 3.05) is 12.4 Å². The van der Waals surface area contributed by atoms with Crippen LogP contribution in [0.2, 0.25) is 0 Å². The van der Waals surface area contributed by atoms with Crippen LogP contribution in [-0.4, -0.2) is 26.7 Å². The van der Waals surface area contributed by atoms with Crippen molar-refractivity contribution in [3.05, 3.63) is 40.9 Å². The highest BCUT2D eigenvalue weighted by Crippen LogP contribution is 2.19. The summed E-state index contributed by atoms with van der Waals surface area (Å²) in [5, 5.41) is 11.6. The number of hydrogen-bond acceptors (Lipinski definition) is 6. The predicted octanol–water partition coefficient (Wildman–Crippen LogP) is 1.86. The molecule has 1 heterocycles. The van der Waals surface area contributed by atoms with Crippen LogP contribution in [0.5, 0.6) is 0 Å². The molecule has 0 bridgehead atoms. The maximum atomic E-state index is 11.9. The highest BCUT2D eigenvalue weighted by molar-refractivity contribution is 7.92. The summed E-state index contributed by atoms with van der Waals surface area (Å²) in [6.07, 6.45) is 2.47. The van der Waals surface area contributed by atoms with Crippen molar-refractivity contribution in [2.45, 2.75) is 4.34 Å². The second kappa shape index (κ2) is 5.81. The second-order valence-electron chi connectivity index (χ2n) is 3.68. The van der Waals surface area contributed by atoms with Crippen molar-refractivity contribution >= 4 is 33.3 Å². The van der Waals surface area contributed by atoms with Crippen molar-refractivity contribution in [1.29, 1.82) is 5.26 Å². The van der Waals surface area contributed by atoms with Crippen LogP contribution in [0.4, 0.5) is 5.69 Å². The van der Waals surface area contributed by atoms with Gasteiger partial charge in [-0.05, 0) is 17.7 Å². The quantitative estimate of drug-likeness (QED) is 0.870. The largest absolute Gasteiger partial charge is 0.388 e. The minimum Gasteiger partial charge on any atom is -0.388 e. The third kappa shape index (κ3) is 3.20. The van der Waals surface area contributed by atoms with Crippen molar-refractivity contribution in [2.24, 2.45) is 4.40 Å². The molecule has 0 aliphatic heterocycles. The summed E-state index contributed by atoms with van der Waals surface area (Å²) in [4.78, 5) is 3.92. The maximum Gasteiger partial charge on any atom is 0.309 e. The lowest BCUT2D eigenvalue weighted by Crippen LogP contribution is -1.97. The van der Waals surface area contributed by atoms with E-state index in [-0.39, 0.29) is 9.22 Å². The fourth-order valence-electron chi connectivity index (χ4n) is 1.34. The molecular weight excluding hydrogens is 296 g/mol. The lowest BCUT2D eigenvalue weighted by molar-refractivity contribution is 0.597. The Morgan fingerprint density at radius 3 is 2.65 bits per heavy atom. The van der Waals surface area contributed by atoms with Crippen molar-refractivity contribution in [1.82, 2.24) is 4.98 Å². The smallest absolute Gasteiger partial charge is 0.309 e. The minimum absolute atomic E-state index is 0.183. The number of nitrogens with zero attached hydrogens (tertiary/aromatic N) is 3. The molecule has 1 aromatic carbocycles. The number of sulfonamides is 1. The third-order valence-electron chi connectivity index (χ3n) is 2.36. The number of rotatable bonds is 4. The van der Waals surface area contributed by atoms with Gasteiger partial charge >= 0.3 is 10.0 Å². The topological polar surface area (TPSA) is 95.2 Å². The van der Waals surface area contributed by atoms with Gasteiger partial charge in [0, 0.05) is 18.9 Å². The van der Waals surface area contributed by atoms with E-state index in [1.54, 1.807) is 19.2 Å². The Morgan fingerprint density at radius 2 is 2.10 bits per heavy atom. The van der Waals surface area contributed by atoms with E-state index < -0.39 is 10.0 Å². The fraction of sp³-hybridized carbons (Fsp3) is 0.0833. The standard InChI is InChI=1S/C12H10N4O2S2/c1-14-10-4-2-9(3-5-10)7-16-20(17,18)12-15-8-11(6-13)19-12/h2-5,7-8,14H,1H3. The molecule has 0 fully saturated rings. The van der Waals surface area contributed by atoms with Gasteiger partial charge in [-0.25, -0.2) is 4.98 Å². The molecule has 0 aliphatic carbocycles. The number of hydrogen-bond donors (Lipinski definition) is 1. The molecule has 0 saturated carbocycles. The molecule has 0 spiro atoms. The Kier molecular flexibility index (Phi) is 4.12. The molecule has 20 heavy (non-hydrogen) atoms. The summed E-state index contributed by atoms with van der Waals surface area (Å²) < 4.78 is 27.2. The first kappa shape index (κ1) is 14.2. The number of nitrogens with one attached hydrogen (secondary N) is 1. The zero-order chi connectivity index (χ0) is 14.6. The van der Waals surface area contributed by atoms with E-state index in [0.717, 1.165) is 17.0 Å². The van der Waals surface area contributed by atoms with Gasteiger partial charge < -0.3 is 5.32 Å². The minimum atomic E-state index is -3.85. The van der Waals surface area contributed by atoms with E-state index in [1.165, 1.54) is 12.4 Å². The average molecular weight is 306 g/mol. The number of nitriles is 1. The zero-order valence-electron chi connectivity index (χ0n) is 10.4. The van der Waals surface area contributed by atoms with Crippen molar-refractivity contribution < 1.29 is 8.42 Å². The van der Waals surface area contributed by atoms with Gasteiger partial charge in [-0.3, -0.25) is 0 Å². The van der Waals surface area contributed by atoms with Crippen molar-refractivity contribution in [3.63, 3.8) is 0 Å². The first-order chi connectivity index (χ1) is 9.55. The van der Waals surface area contributed by atoms with Crippen LogP contribution in [0.1, 0.15) is 10.4 Å². The van der Waals surface area contributed by atoms with Crippen molar-refractivity contribution in [3.8, 4) is 6.07 Å². The van der Waals surface area contributed by atoms with E-state index in [4.69, 9.17) is 5.26 Å². The van der Waals surface area contributed by atoms with Gasteiger partial charge in [0.15, 0.2) is 0 Å².